The van der Waals surface area contributed by atoms with Gasteiger partial charge in [-0.2, -0.15) is 5.10 Å². The van der Waals surface area contributed by atoms with Crippen molar-refractivity contribution >= 4 is 58.5 Å². The molecule has 0 spiro atoms. The van der Waals surface area contributed by atoms with E-state index in [1.807, 2.05) is 30.3 Å². The minimum Gasteiger partial charge on any atom is -0.508 e. The number of hydrogen-bond donors (Lipinski definition) is 2. The summed E-state index contributed by atoms with van der Waals surface area (Å²) in [6, 6.07) is 21.1. The molecule has 1 heterocycles. The van der Waals surface area contributed by atoms with Crippen molar-refractivity contribution in [2.45, 2.75) is 20.0 Å². The number of hydrogen-bond acceptors (Lipinski definition) is 11. The lowest BCUT2D eigenvalue weighted by molar-refractivity contribution is 0.159. The Morgan fingerprint density at radius 3 is 2.54 bits per heavy atom. The first-order chi connectivity index (χ1) is 24.3. The molecule has 3 N–H and O–H groups in total. The zero-order valence-electron chi connectivity index (χ0n) is 28.5. The summed E-state index contributed by atoms with van der Waals surface area (Å²) in [4.78, 5) is 19.1. The Labute approximate surface area is 296 Å². The molecule has 0 radical (unpaired) electrons. The highest BCUT2D eigenvalue weighted by Crippen LogP contribution is 2.45. The molecule has 0 atom stereocenters. The van der Waals surface area contributed by atoms with Crippen molar-refractivity contribution in [3.05, 3.63) is 88.6 Å². The maximum Gasteiger partial charge on any atom is 0.493 e. The van der Waals surface area contributed by atoms with Crippen LogP contribution in [0.15, 0.2) is 92.1 Å². The Hall–Kier alpha value is -4.88. The van der Waals surface area contributed by atoms with Gasteiger partial charge in [-0.05, 0) is 72.0 Å². The second-order valence-corrected chi connectivity index (χ2v) is 11.8. The van der Waals surface area contributed by atoms with Gasteiger partial charge in [0, 0.05) is 73.1 Å². The Morgan fingerprint density at radius 2 is 1.82 bits per heavy atom. The molecule has 50 heavy (non-hydrogen) atoms. The number of rotatable bonds is 16. The van der Waals surface area contributed by atoms with Crippen molar-refractivity contribution in [2.24, 2.45) is 15.9 Å². The van der Waals surface area contributed by atoms with Crippen molar-refractivity contribution in [3.63, 3.8) is 0 Å². The SMILES string of the molecule is CCCN(CCCl)c1ccc(B(OC)OC)c(COC/C(C=Nc2ccc(OC)c(-c3c4ccc(=O)cc-4oc4cc(O)ccc34)c2)=N/N)c1. The second-order valence-electron chi connectivity index (χ2n) is 11.4. The van der Waals surface area contributed by atoms with Crippen LogP contribution in [-0.2, 0) is 20.7 Å². The summed E-state index contributed by atoms with van der Waals surface area (Å²) in [5.74, 6) is 7.28. The van der Waals surface area contributed by atoms with Gasteiger partial charge in [-0.1, -0.05) is 13.0 Å². The molecule has 3 aromatic rings. The normalized spacial score (nSPS) is 11.9. The van der Waals surface area contributed by atoms with Gasteiger partial charge in [0.2, 0.25) is 0 Å². The first-order valence-corrected chi connectivity index (χ1v) is 16.6. The van der Waals surface area contributed by atoms with Crippen molar-refractivity contribution < 1.29 is 28.3 Å². The molecule has 0 unspecified atom stereocenters. The molecule has 5 rings (SSSR count). The van der Waals surface area contributed by atoms with Gasteiger partial charge in [-0.3, -0.25) is 9.79 Å². The number of phenols is 1. The fraction of sp³-hybridized carbons (Fsp3) is 0.270. The fourth-order valence-corrected chi connectivity index (χ4v) is 6.08. The summed E-state index contributed by atoms with van der Waals surface area (Å²) in [7, 11) is 4.20. The monoisotopic (exact) mass is 698 g/mol. The number of halogens is 1. The van der Waals surface area contributed by atoms with Gasteiger partial charge in [0.05, 0.1) is 32.2 Å². The molecule has 2 aliphatic rings. The minimum atomic E-state index is -0.565. The number of alkyl halides is 1. The summed E-state index contributed by atoms with van der Waals surface area (Å²) in [6.45, 7) is 4.05. The number of phenolic OH excluding ortho intramolecular Hbond substituents is 1. The first kappa shape index (κ1) is 36.4. The quantitative estimate of drug-likeness (QED) is 0.0319. The van der Waals surface area contributed by atoms with Crippen LogP contribution in [0, 0.1) is 0 Å². The molecule has 0 bridgehead atoms. The summed E-state index contributed by atoms with van der Waals surface area (Å²) in [6.07, 6.45) is 2.54. The van der Waals surface area contributed by atoms with Gasteiger partial charge in [-0.25, -0.2) is 0 Å². The van der Waals surface area contributed by atoms with Crippen LogP contribution in [0.25, 0.3) is 33.4 Å². The van der Waals surface area contributed by atoms with Crippen LogP contribution < -0.4 is 26.4 Å². The fourth-order valence-electron chi connectivity index (χ4n) is 5.88. The lowest BCUT2D eigenvalue weighted by Crippen LogP contribution is -2.38. The maximum absolute atomic E-state index is 12.2. The third kappa shape index (κ3) is 8.28. The zero-order chi connectivity index (χ0) is 35.6. The number of aromatic hydroxyl groups is 1. The summed E-state index contributed by atoms with van der Waals surface area (Å²) in [5, 5.41) is 14.8. The van der Waals surface area contributed by atoms with E-state index in [1.54, 1.807) is 45.7 Å². The highest BCUT2D eigenvalue weighted by Gasteiger charge is 2.24. The van der Waals surface area contributed by atoms with E-state index in [2.05, 4.69) is 28.0 Å². The number of anilines is 1. The Balaban J connectivity index is 1.41. The minimum absolute atomic E-state index is 0.0388. The molecule has 0 aromatic heterocycles. The first-order valence-electron chi connectivity index (χ1n) is 16.1. The number of fused-ring (bicyclic) bond motifs is 2. The number of hydrazone groups is 1. The van der Waals surface area contributed by atoms with Crippen LogP contribution in [0.1, 0.15) is 18.9 Å². The maximum atomic E-state index is 12.2. The van der Waals surface area contributed by atoms with E-state index >= 15 is 0 Å². The van der Waals surface area contributed by atoms with E-state index in [4.69, 9.17) is 40.6 Å². The second kappa shape index (κ2) is 17.2. The van der Waals surface area contributed by atoms with Crippen molar-refractivity contribution in [3.8, 4) is 33.9 Å². The summed E-state index contributed by atoms with van der Waals surface area (Å²) in [5.41, 5.74) is 6.18. The summed E-state index contributed by atoms with van der Waals surface area (Å²) >= 11 is 6.10. The molecule has 0 saturated heterocycles. The van der Waals surface area contributed by atoms with Gasteiger partial charge in [0.25, 0.3) is 0 Å². The van der Waals surface area contributed by atoms with Crippen LogP contribution in [0.4, 0.5) is 11.4 Å². The number of benzene rings is 4. The third-order valence-electron chi connectivity index (χ3n) is 8.19. The molecule has 1 aliphatic carbocycles. The average molecular weight is 699 g/mol. The number of nitrogens with two attached hydrogens (primary N) is 1. The predicted octanol–water partition coefficient (Wildman–Crippen LogP) is 5.96. The highest BCUT2D eigenvalue weighted by molar-refractivity contribution is 6.61. The smallest absolute Gasteiger partial charge is 0.493 e. The summed E-state index contributed by atoms with van der Waals surface area (Å²) < 4.78 is 29.0. The topological polar surface area (TPSA) is 141 Å². The Bertz CT molecular complexity index is 2010. The number of nitrogens with zero attached hydrogens (tertiary/aromatic N) is 3. The van der Waals surface area contributed by atoms with E-state index < -0.39 is 7.12 Å². The molecular weight excluding hydrogens is 659 g/mol. The standard InChI is InChI=1S/C37H40BClN4O7/c1-5-15-43(16-14-39)27-7-12-33(38(47-3)48-4)24(17-27)22-49-23-26(42-40)21-41-25-6-13-34(46-2)32(18-25)37-30-10-8-28(44)19-35(30)50-36-20-29(45)9-11-31(36)37/h6-13,17-21,44H,5,14-16,22-23,40H2,1-4H3/b41-21?,42-26+. The number of methoxy groups -OCH3 is 1. The van der Waals surface area contributed by atoms with Crippen LogP contribution in [0.2, 0.25) is 0 Å². The highest BCUT2D eigenvalue weighted by atomic mass is 35.5. The third-order valence-corrected chi connectivity index (χ3v) is 8.36. The van der Waals surface area contributed by atoms with Crippen LogP contribution in [-0.4, -0.2) is 71.1 Å². The van der Waals surface area contributed by atoms with E-state index in [0.29, 0.717) is 45.5 Å². The van der Waals surface area contributed by atoms with Crippen molar-refractivity contribution in [2.75, 3.05) is 51.8 Å². The molecule has 1 aliphatic heterocycles. The van der Waals surface area contributed by atoms with E-state index in [1.165, 1.54) is 18.2 Å². The molecule has 11 nitrogen and oxygen atoms in total. The zero-order valence-corrected chi connectivity index (χ0v) is 29.3. The van der Waals surface area contributed by atoms with Gasteiger partial charge >= 0.3 is 7.12 Å². The largest absolute Gasteiger partial charge is 0.508 e. The van der Waals surface area contributed by atoms with Crippen LogP contribution in [0.3, 0.4) is 0 Å². The Morgan fingerprint density at radius 1 is 1.00 bits per heavy atom. The van der Waals surface area contributed by atoms with Crippen LogP contribution in [0.5, 0.6) is 11.5 Å². The predicted molar refractivity (Wildman–Crippen MR) is 201 cm³/mol. The van der Waals surface area contributed by atoms with Gasteiger partial charge in [0.1, 0.15) is 28.6 Å². The van der Waals surface area contributed by atoms with E-state index in [0.717, 1.165) is 47.2 Å². The molecular formula is C37H40BClN4O7. The average Bonchev–Trinajstić information content (AvgIpc) is 3.12. The van der Waals surface area contributed by atoms with Crippen molar-refractivity contribution in [1.29, 1.82) is 0 Å². The molecule has 0 saturated carbocycles. The van der Waals surface area contributed by atoms with Crippen molar-refractivity contribution in [1.82, 2.24) is 0 Å². The van der Waals surface area contributed by atoms with E-state index in [-0.39, 0.29) is 24.4 Å². The van der Waals surface area contributed by atoms with Gasteiger partial charge in [0.15, 0.2) is 5.43 Å². The molecule has 3 aromatic carbocycles. The van der Waals surface area contributed by atoms with E-state index in [9.17, 15) is 9.90 Å². The Kier molecular flexibility index (Phi) is 12.5. The van der Waals surface area contributed by atoms with Gasteiger partial charge in [-0.15, -0.1) is 11.6 Å². The molecule has 0 fully saturated rings. The molecule has 13 heteroatoms. The van der Waals surface area contributed by atoms with Crippen LogP contribution >= 0.6 is 11.6 Å². The molecule has 260 valence electrons. The lowest BCUT2D eigenvalue weighted by Gasteiger charge is -2.25. The molecule has 0 amide bonds. The lowest BCUT2D eigenvalue weighted by atomic mass is 9.75. The number of ether oxygens (including phenoxy) is 2. The number of aliphatic imine (C=N–C) groups is 1. The van der Waals surface area contributed by atoms with Gasteiger partial charge < -0.3 is 39.0 Å².